The average Bonchev–Trinajstić information content (AvgIpc) is 3.76. The number of benzene rings is 6. The predicted molar refractivity (Wildman–Crippen MR) is 220 cm³/mol. The van der Waals surface area contributed by atoms with Crippen LogP contribution >= 0.6 is 0 Å². The number of nitrogens with zero attached hydrogens (tertiary/aromatic N) is 4. The maximum absolute atomic E-state index is 4.95. The Morgan fingerprint density at radius 1 is 0.611 bits per heavy atom. The summed E-state index contributed by atoms with van der Waals surface area (Å²) in [6.45, 7) is 9.75. The van der Waals surface area contributed by atoms with Crippen molar-refractivity contribution < 1.29 is 21.1 Å². The molecule has 0 N–H and O–H groups in total. The van der Waals surface area contributed by atoms with E-state index < -0.39 is 5.41 Å². The fourth-order valence-corrected chi connectivity index (χ4v) is 8.30. The Morgan fingerprint density at radius 3 is 1.96 bits per heavy atom. The van der Waals surface area contributed by atoms with E-state index in [4.69, 9.17) is 4.98 Å². The van der Waals surface area contributed by atoms with Crippen molar-refractivity contribution in [2.24, 2.45) is 0 Å². The number of pyridine rings is 1. The summed E-state index contributed by atoms with van der Waals surface area (Å²) in [6, 6.07) is 63.1. The SMILES string of the molecule is CC(C)c1ccnc(-n2c3[c-]c(C(c4[c-]c(N5CN(C(C)C)c6ccccc65)ccc4)(c4ccccc4)c4ccccc4)ccc3c3ccccc32)c1.[Pt+2]. The first-order valence-electron chi connectivity index (χ1n) is 18.6. The van der Waals surface area contributed by atoms with Crippen molar-refractivity contribution >= 4 is 38.9 Å². The molecule has 0 spiro atoms. The molecule has 54 heavy (non-hydrogen) atoms. The van der Waals surface area contributed by atoms with Crippen LogP contribution in [0, 0.1) is 12.1 Å². The van der Waals surface area contributed by atoms with E-state index in [1.807, 2.05) is 6.20 Å². The summed E-state index contributed by atoms with van der Waals surface area (Å²) >= 11 is 0. The summed E-state index contributed by atoms with van der Waals surface area (Å²) in [5.41, 5.74) is 10.6. The molecule has 3 heterocycles. The van der Waals surface area contributed by atoms with E-state index in [0.717, 1.165) is 56.8 Å². The Hall–Kier alpha value is -5.44. The van der Waals surface area contributed by atoms with Gasteiger partial charge in [-0.05, 0) is 72.2 Å². The molecule has 0 atom stereocenters. The van der Waals surface area contributed by atoms with Crippen molar-refractivity contribution in [3.8, 4) is 5.82 Å². The van der Waals surface area contributed by atoms with Crippen LogP contribution in [0.2, 0.25) is 0 Å². The Labute approximate surface area is 333 Å². The zero-order chi connectivity index (χ0) is 36.1. The van der Waals surface area contributed by atoms with E-state index >= 15 is 0 Å². The van der Waals surface area contributed by atoms with Gasteiger partial charge in [-0.1, -0.05) is 116 Å². The minimum absolute atomic E-state index is 0. The first kappa shape index (κ1) is 35.6. The second kappa shape index (κ2) is 14.4. The van der Waals surface area contributed by atoms with Crippen LogP contribution in [-0.2, 0) is 26.5 Å². The van der Waals surface area contributed by atoms with Crippen molar-refractivity contribution in [1.82, 2.24) is 9.55 Å². The summed E-state index contributed by atoms with van der Waals surface area (Å²) in [6.07, 6.45) is 1.94. The minimum Gasteiger partial charge on any atom is -0.349 e. The molecule has 9 rings (SSSR count). The van der Waals surface area contributed by atoms with Gasteiger partial charge >= 0.3 is 21.1 Å². The molecule has 0 saturated carbocycles. The molecular weight excluding hydrogens is 840 g/mol. The molecule has 0 bridgehead atoms. The van der Waals surface area contributed by atoms with Gasteiger partial charge in [-0.3, -0.25) is 0 Å². The molecule has 6 aromatic carbocycles. The van der Waals surface area contributed by atoms with Gasteiger partial charge in [0.25, 0.3) is 0 Å². The third-order valence-corrected chi connectivity index (χ3v) is 10.9. The summed E-state index contributed by atoms with van der Waals surface area (Å²) in [4.78, 5) is 9.81. The van der Waals surface area contributed by atoms with Crippen molar-refractivity contribution in [2.75, 3.05) is 16.5 Å². The monoisotopic (exact) mass is 881 g/mol. The van der Waals surface area contributed by atoms with E-state index in [0.29, 0.717) is 12.0 Å². The molecule has 0 saturated heterocycles. The molecule has 4 nitrogen and oxygen atoms in total. The number of para-hydroxylation sites is 3. The standard InChI is InChI=1S/C49H42N4.Pt/c1-34(2)36-28-29-50-48(30-36)53-44-23-12-11-22-42(44)43-27-26-40(32-47(43)53)49(37-16-7-5-8-17-37,38-18-9-6-10-19-38)39-20-15-21-41(31-39)52-33-51(35(3)4)45-24-13-14-25-46(45)52;/h5-30,34-35H,33H2,1-4H3;/q-2;+2. The van der Waals surface area contributed by atoms with Gasteiger partial charge in [-0.15, -0.1) is 22.6 Å². The molecule has 1 aliphatic rings. The topological polar surface area (TPSA) is 24.3 Å². The van der Waals surface area contributed by atoms with Gasteiger partial charge in [0.2, 0.25) is 0 Å². The van der Waals surface area contributed by atoms with Gasteiger partial charge in [0.1, 0.15) is 5.82 Å². The van der Waals surface area contributed by atoms with E-state index in [2.05, 4.69) is 206 Å². The Morgan fingerprint density at radius 2 is 1.26 bits per heavy atom. The fraction of sp³-hybridized carbons (Fsp3) is 0.163. The van der Waals surface area contributed by atoms with Crippen LogP contribution < -0.4 is 9.80 Å². The molecule has 8 aromatic rings. The van der Waals surface area contributed by atoms with Crippen LogP contribution in [0.5, 0.6) is 0 Å². The van der Waals surface area contributed by atoms with Crippen LogP contribution in [-0.4, -0.2) is 22.3 Å². The average molecular weight is 882 g/mol. The van der Waals surface area contributed by atoms with Crippen molar-refractivity contribution in [3.63, 3.8) is 0 Å². The maximum atomic E-state index is 4.95. The summed E-state index contributed by atoms with van der Waals surface area (Å²) in [7, 11) is 0. The van der Waals surface area contributed by atoms with E-state index in [1.54, 1.807) is 0 Å². The van der Waals surface area contributed by atoms with E-state index in [-0.39, 0.29) is 21.1 Å². The van der Waals surface area contributed by atoms with Gasteiger partial charge in [-0.25, -0.2) is 4.98 Å². The maximum Gasteiger partial charge on any atom is 2.00 e. The van der Waals surface area contributed by atoms with Crippen molar-refractivity contribution in [2.45, 2.75) is 45.1 Å². The molecule has 0 unspecified atom stereocenters. The Bertz CT molecular complexity index is 2530. The molecule has 2 aromatic heterocycles. The number of rotatable bonds is 8. The van der Waals surface area contributed by atoms with Crippen LogP contribution in [0.15, 0.2) is 158 Å². The molecule has 0 aliphatic carbocycles. The summed E-state index contributed by atoms with van der Waals surface area (Å²) < 4.78 is 2.29. The van der Waals surface area contributed by atoms with Crippen molar-refractivity contribution in [3.05, 3.63) is 198 Å². The van der Waals surface area contributed by atoms with E-state index in [1.165, 1.54) is 22.3 Å². The Kier molecular flexibility index (Phi) is 9.50. The zero-order valence-electron chi connectivity index (χ0n) is 31.0. The summed E-state index contributed by atoms with van der Waals surface area (Å²) in [5.74, 6) is 1.28. The van der Waals surface area contributed by atoms with Crippen LogP contribution in [0.1, 0.15) is 61.4 Å². The predicted octanol–water partition coefficient (Wildman–Crippen LogP) is 11.6. The smallest absolute Gasteiger partial charge is 0.349 e. The number of hydrogen-bond acceptors (Lipinski definition) is 3. The number of aromatic nitrogens is 2. The Balaban J connectivity index is 0.00000413. The molecule has 0 fully saturated rings. The first-order valence-corrected chi connectivity index (χ1v) is 18.6. The van der Waals surface area contributed by atoms with Gasteiger partial charge in [0.15, 0.2) is 0 Å². The summed E-state index contributed by atoms with van der Waals surface area (Å²) in [5, 5.41) is 2.33. The van der Waals surface area contributed by atoms with Gasteiger partial charge < -0.3 is 14.4 Å². The van der Waals surface area contributed by atoms with Crippen LogP contribution in [0.3, 0.4) is 0 Å². The molecular formula is C49H42N4Pt. The van der Waals surface area contributed by atoms with Crippen molar-refractivity contribution in [1.29, 1.82) is 0 Å². The van der Waals surface area contributed by atoms with Gasteiger partial charge in [0, 0.05) is 23.2 Å². The van der Waals surface area contributed by atoms with Crippen LogP contribution in [0.25, 0.3) is 27.6 Å². The molecule has 0 radical (unpaired) electrons. The zero-order valence-corrected chi connectivity index (χ0v) is 33.3. The minimum atomic E-state index is -0.738. The number of hydrogen-bond donors (Lipinski definition) is 0. The third kappa shape index (κ3) is 5.76. The number of fused-ring (bicyclic) bond motifs is 4. The second-order valence-electron chi connectivity index (χ2n) is 14.6. The van der Waals surface area contributed by atoms with Crippen LogP contribution in [0.4, 0.5) is 17.1 Å². The molecule has 5 heteroatoms. The number of anilines is 3. The molecule has 0 amide bonds. The first-order chi connectivity index (χ1) is 25.9. The molecule has 1 aliphatic heterocycles. The fourth-order valence-electron chi connectivity index (χ4n) is 8.30. The van der Waals surface area contributed by atoms with Gasteiger partial charge in [0.05, 0.1) is 18.0 Å². The normalized spacial score (nSPS) is 12.9. The molecule has 268 valence electrons. The van der Waals surface area contributed by atoms with E-state index in [9.17, 15) is 0 Å². The quantitative estimate of drug-likeness (QED) is 0.112. The van der Waals surface area contributed by atoms with Gasteiger partial charge in [-0.2, -0.15) is 36.4 Å². The second-order valence-corrected chi connectivity index (χ2v) is 14.6. The largest absolute Gasteiger partial charge is 2.00 e. The third-order valence-electron chi connectivity index (χ3n) is 10.9.